The van der Waals surface area contributed by atoms with E-state index in [1.54, 1.807) is 0 Å². The summed E-state index contributed by atoms with van der Waals surface area (Å²) < 4.78 is 5.96. The first-order valence-corrected chi connectivity index (χ1v) is 18.9. The van der Waals surface area contributed by atoms with E-state index in [1.807, 2.05) is 52.3 Å². The Morgan fingerprint density at radius 1 is 0.816 bits per heavy atom. The van der Waals surface area contributed by atoms with Gasteiger partial charge in [-0.1, -0.05) is 48.9 Å². The summed E-state index contributed by atoms with van der Waals surface area (Å²) in [6.45, 7) is 7.46. The zero-order valence-electron chi connectivity index (χ0n) is 29.1. The second kappa shape index (κ2) is 15.0. The van der Waals surface area contributed by atoms with Gasteiger partial charge in [-0.15, -0.1) is 0 Å². The molecule has 49 heavy (non-hydrogen) atoms. The fourth-order valence-electron chi connectivity index (χ4n) is 9.01. The molecule has 0 N–H and O–H groups in total. The van der Waals surface area contributed by atoms with Gasteiger partial charge in [0.15, 0.2) is 0 Å². The van der Waals surface area contributed by atoms with Gasteiger partial charge in [0.2, 0.25) is 11.8 Å². The molecule has 1 aliphatic carbocycles. The van der Waals surface area contributed by atoms with Crippen LogP contribution in [0.3, 0.4) is 0 Å². The number of benzene rings is 2. The Bertz CT molecular complexity index is 1450. The first-order chi connectivity index (χ1) is 23.8. The van der Waals surface area contributed by atoms with Crippen LogP contribution in [0.2, 0.25) is 5.02 Å². The van der Waals surface area contributed by atoms with Crippen LogP contribution in [0.1, 0.15) is 63.4 Å². The molecule has 10 heteroatoms. The maximum Gasteiger partial charge on any atom is 0.252 e. The molecule has 0 bridgehead atoms. The largest absolute Gasteiger partial charge is 0.370 e. The van der Waals surface area contributed by atoms with Crippen LogP contribution < -0.4 is 4.90 Å². The quantitative estimate of drug-likeness (QED) is 0.412. The minimum atomic E-state index is -0.597. The van der Waals surface area contributed by atoms with Crippen molar-refractivity contribution in [1.82, 2.24) is 19.6 Å². The highest BCUT2D eigenvalue weighted by atomic mass is 35.5. The number of hydrogen-bond donors (Lipinski definition) is 0. The summed E-state index contributed by atoms with van der Waals surface area (Å²) >= 11 is 6.30. The predicted octanol–water partition coefficient (Wildman–Crippen LogP) is 4.89. The monoisotopic (exact) mass is 689 g/mol. The van der Waals surface area contributed by atoms with Gasteiger partial charge < -0.3 is 29.2 Å². The molecule has 2 aromatic carbocycles. The Balaban J connectivity index is 1.21. The molecule has 5 aliphatic rings. The van der Waals surface area contributed by atoms with Gasteiger partial charge >= 0.3 is 0 Å². The van der Waals surface area contributed by atoms with Crippen molar-refractivity contribution in [2.75, 3.05) is 64.4 Å². The number of hydrogen-bond acceptors (Lipinski definition) is 6. The molecular weight excluding hydrogens is 638 g/mol. The first kappa shape index (κ1) is 34.3. The fourth-order valence-corrected chi connectivity index (χ4v) is 9.14. The number of amides is 3. The molecule has 0 radical (unpaired) electrons. The van der Waals surface area contributed by atoms with Crippen LogP contribution in [0.25, 0.3) is 0 Å². The number of carbonyl (C=O) groups excluding carboxylic acids is 3. The van der Waals surface area contributed by atoms with E-state index in [4.69, 9.17) is 16.3 Å². The molecule has 7 rings (SSSR count). The van der Waals surface area contributed by atoms with Crippen molar-refractivity contribution in [2.45, 2.75) is 82.0 Å². The summed E-state index contributed by atoms with van der Waals surface area (Å²) in [7, 11) is 2.08. The third kappa shape index (κ3) is 7.35. The molecule has 264 valence electrons. The molecule has 5 fully saturated rings. The Morgan fingerprint density at radius 2 is 1.53 bits per heavy atom. The number of likely N-dealkylation sites (tertiary alicyclic amines) is 1. The highest BCUT2D eigenvalue weighted by molar-refractivity contribution is 6.30. The van der Waals surface area contributed by atoms with E-state index in [0.717, 1.165) is 62.9 Å². The van der Waals surface area contributed by atoms with E-state index in [1.165, 1.54) is 0 Å². The van der Waals surface area contributed by atoms with Crippen LogP contribution in [-0.4, -0.2) is 121 Å². The van der Waals surface area contributed by atoms with Gasteiger partial charge in [-0.25, -0.2) is 0 Å². The van der Waals surface area contributed by atoms with Crippen molar-refractivity contribution < 1.29 is 19.1 Å². The van der Waals surface area contributed by atoms with Gasteiger partial charge in [-0.3, -0.25) is 14.4 Å². The normalized spacial score (nSPS) is 30.9. The highest BCUT2D eigenvalue weighted by Crippen LogP contribution is 2.40. The average molecular weight is 690 g/mol. The van der Waals surface area contributed by atoms with Crippen molar-refractivity contribution in [3.63, 3.8) is 0 Å². The Morgan fingerprint density at radius 3 is 2.20 bits per heavy atom. The number of likely N-dealkylation sites (N-methyl/N-ethyl adjacent to an activating group) is 1. The molecular formula is C39H52ClN5O4. The van der Waals surface area contributed by atoms with E-state index in [2.05, 4.69) is 40.8 Å². The van der Waals surface area contributed by atoms with E-state index >= 15 is 4.79 Å². The number of anilines is 1. The van der Waals surface area contributed by atoms with Crippen molar-refractivity contribution >= 4 is 35.0 Å². The van der Waals surface area contributed by atoms with E-state index in [-0.39, 0.29) is 41.6 Å². The summed E-state index contributed by atoms with van der Waals surface area (Å²) in [4.78, 5) is 54.4. The third-order valence-corrected chi connectivity index (χ3v) is 12.2. The second-order valence-electron chi connectivity index (χ2n) is 15.2. The van der Waals surface area contributed by atoms with E-state index in [9.17, 15) is 9.59 Å². The lowest BCUT2D eigenvalue weighted by atomic mass is 9.85. The van der Waals surface area contributed by atoms with Gasteiger partial charge in [0, 0.05) is 75.1 Å². The molecule has 4 heterocycles. The van der Waals surface area contributed by atoms with Crippen LogP contribution in [0.4, 0.5) is 5.69 Å². The zero-order valence-corrected chi connectivity index (χ0v) is 29.8. The van der Waals surface area contributed by atoms with Gasteiger partial charge in [0.1, 0.15) is 12.1 Å². The molecule has 3 amide bonds. The lowest BCUT2D eigenvalue weighted by Crippen LogP contribution is -2.54. The number of halogens is 1. The smallest absolute Gasteiger partial charge is 0.252 e. The Kier molecular flexibility index (Phi) is 10.5. The number of para-hydroxylation sites is 1. The molecule has 5 atom stereocenters. The zero-order chi connectivity index (χ0) is 34.1. The average Bonchev–Trinajstić information content (AvgIpc) is 3.91. The standard InChI is InChI=1S/C39H52ClN5O4/c1-27-10-16-31(17-11-27)45(39(48)36-9-6-22-49-36)32-23-35(38(47)42-20-18-41(2)19-21-42)44(24-32)37(46)34-26-43(30-7-4-3-5-8-30)25-33(34)28-12-14-29(40)15-13-28/h3-5,7-8,12-15,27,31-36H,6,9-11,16-26H2,1-2H3/t27?,31?,32-,33-,34+,35-,36?/m0/s1. The first-order valence-electron chi connectivity index (χ1n) is 18.5. The minimum absolute atomic E-state index is 0.00939. The summed E-state index contributed by atoms with van der Waals surface area (Å²) in [5.74, 6) is 0.316. The van der Waals surface area contributed by atoms with Crippen molar-refractivity contribution in [3.05, 3.63) is 65.2 Å². The summed E-state index contributed by atoms with van der Waals surface area (Å²) in [6, 6.07) is 17.4. The fraction of sp³-hybridized carbons (Fsp3) is 0.615. The molecule has 0 spiro atoms. The highest BCUT2D eigenvalue weighted by Gasteiger charge is 2.51. The lowest BCUT2D eigenvalue weighted by molar-refractivity contribution is -0.148. The minimum Gasteiger partial charge on any atom is -0.370 e. The van der Waals surface area contributed by atoms with Crippen LogP contribution in [-0.2, 0) is 19.1 Å². The second-order valence-corrected chi connectivity index (χ2v) is 15.6. The number of nitrogens with zero attached hydrogens (tertiary/aromatic N) is 5. The van der Waals surface area contributed by atoms with Crippen LogP contribution in [0, 0.1) is 11.8 Å². The van der Waals surface area contributed by atoms with Crippen molar-refractivity contribution in [3.8, 4) is 0 Å². The molecule has 9 nitrogen and oxygen atoms in total. The summed E-state index contributed by atoms with van der Waals surface area (Å²) in [5, 5.41) is 0.665. The van der Waals surface area contributed by atoms with E-state index in [0.29, 0.717) is 56.7 Å². The lowest BCUT2D eigenvalue weighted by Gasteiger charge is -2.41. The summed E-state index contributed by atoms with van der Waals surface area (Å²) in [6.07, 6.45) is 5.73. The van der Waals surface area contributed by atoms with Crippen molar-refractivity contribution in [2.24, 2.45) is 11.8 Å². The maximum absolute atomic E-state index is 15.1. The predicted molar refractivity (Wildman–Crippen MR) is 192 cm³/mol. The van der Waals surface area contributed by atoms with Gasteiger partial charge in [-0.05, 0) is 87.7 Å². The number of ether oxygens (including phenoxy) is 1. The molecule has 4 aliphatic heterocycles. The summed E-state index contributed by atoms with van der Waals surface area (Å²) in [5.41, 5.74) is 2.16. The SMILES string of the molecule is CC1CCC(N(C(=O)C2CCCO2)[C@H]2C[C@@H](C(=O)N3CCN(C)CC3)N(C(=O)[C@@H]3CN(c4ccccc4)C[C@H]3c3ccc(Cl)cc3)C2)CC1. The number of rotatable bonds is 7. The van der Waals surface area contributed by atoms with Gasteiger partial charge in [-0.2, -0.15) is 0 Å². The maximum atomic E-state index is 15.1. The molecule has 0 aromatic heterocycles. The topological polar surface area (TPSA) is 76.6 Å². The van der Waals surface area contributed by atoms with Crippen LogP contribution in [0.5, 0.6) is 0 Å². The number of carbonyl (C=O) groups is 3. The number of piperazine rings is 1. The van der Waals surface area contributed by atoms with Crippen molar-refractivity contribution in [1.29, 1.82) is 0 Å². The van der Waals surface area contributed by atoms with Crippen LogP contribution in [0.15, 0.2) is 54.6 Å². The molecule has 1 saturated carbocycles. The van der Waals surface area contributed by atoms with Gasteiger partial charge in [0.25, 0.3) is 5.91 Å². The van der Waals surface area contributed by atoms with Gasteiger partial charge in [0.05, 0.1) is 12.0 Å². The third-order valence-electron chi connectivity index (χ3n) is 12.0. The van der Waals surface area contributed by atoms with E-state index < -0.39 is 12.1 Å². The molecule has 1 unspecified atom stereocenters. The molecule has 4 saturated heterocycles. The Labute approximate surface area is 296 Å². The Hall–Kier alpha value is -3.14. The molecule has 2 aromatic rings. The van der Waals surface area contributed by atoms with Crippen LogP contribution >= 0.6 is 11.6 Å².